The highest BCUT2D eigenvalue weighted by atomic mass is 35.5. The van der Waals surface area contributed by atoms with Crippen LogP contribution in [0.25, 0.3) is 0 Å². The molecule has 19 heavy (non-hydrogen) atoms. The maximum Gasteiger partial charge on any atom is 0.129 e. The van der Waals surface area contributed by atoms with Crippen LogP contribution in [0.4, 0.5) is 4.39 Å². The Balaban J connectivity index is 2.06. The summed E-state index contributed by atoms with van der Waals surface area (Å²) in [5.74, 6) is -0.197. The lowest BCUT2D eigenvalue weighted by Gasteiger charge is -2.34. The van der Waals surface area contributed by atoms with Crippen LogP contribution >= 0.6 is 11.6 Å². The summed E-state index contributed by atoms with van der Waals surface area (Å²) >= 11 is 5.80. The number of nitrogens with one attached hydrogen (secondary N) is 1. The van der Waals surface area contributed by atoms with E-state index in [9.17, 15) is 4.39 Å². The SMILES string of the molecule is CCCN(Cc1ccc(Cl)cc1F)C1CCCNC1. The Labute approximate surface area is 119 Å². The molecule has 2 nitrogen and oxygen atoms in total. The van der Waals surface area contributed by atoms with Crippen molar-refractivity contribution < 1.29 is 4.39 Å². The van der Waals surface area contributed by atoms with Crippen molar-refractivity contribution >= 4 is 11.6 Å². The molecule has 0 spiro atoms. The molecule has 1 atom stereocenters. The first-order chi connectivity index (χ1) is 9.20. The minimum atomic E-state index is -0.197. The summed E-state index contributed by atoms with van der Waals surface area (Å²) < 4.78 is 13.9. The topological polar surface area (TPSA) is 15.3 Å². The third-order valence-electron chi connectivity index (χ3n) is 3.69. The summed E-state index contributed by atoms with van der Waals surface area (Å²) in [5.41, 5.74) is 0.739. The van der Waals surface area contributed by atoms with Gasteiger partial charge in [0.2, 0.25) is 0 Å². The first-order valence-corrected chi connectivity index (χ1v) is 7.47. The lowest BCUT2D eigenvalue weighted by Crippen LogP contribution is -2.46. The molecule has 1 aliphatic rings. The Morgan fingerprint density at radius 2 is 2.32 bits per heavy atom. The Hall–Kier alpha value is -0.640. The second-order valence-electron chi connectivity index (χ2n) is 5.21. The van der Waals surface area contributed by atoms with Crippen LogP contribution in [0.1, 0.15) is 31.7 Å². The molecule has 0 radical (unpaired) electrons. The van der Waals surface area contributed by atoms with Gasteiger partial charge in [0.1, 0.15) is 5.82 Å². The van der Waals surface area contributed by atoms with Crippen LogP contribution in [-0.4, -0.2) is 30.6 Å². The predicted octanol–water partition coefficient (Wildman–Crippen LogP) is 3.44. The summed E-state index contributed by atoms with van der Waals surface area (Å²) in [6.45, 7) is 5.96. The van der Waals surface area contributed by atoms with E-state index in [1.165, 1.54) is 18.9 Å². The van der Waals surface area contributed by atoms with Crippen molar-refractivity contribution in [2.75, 3.05) is 19.6 Å². The second-order valence-corrected chi connectivity index (χ2v) is 5.64. The molecule has 0 amide bonds. The third kappa shape index (κ3) is 4.16. The predicted molar refractivity (Wildman–Crippen MR) is 78.0 cm³/mol. The molecule has 106 valence electrons. The first-order valence-electron chi connectivity index (χ1n) is 7.09. The molecule has 0 aromatic heterocycles. The maximum absolute atomic E-state index is 13.9. The lowest BCUT2D eigenvalue weighted by molar-refractivity contribution is 0.156. The molecule has 4 heteroatoms. The van der Waals surface area contributed by atoms with Gasteiger partial charge in [-0.05, 0) is 44.5 Å². The fourth-order valence-corrected chi connectivity index (χ4v) is 2.85. The van der Waals surface area contributed by atoms with E-state index in [-0.39, 0.29) is 5.82 Å². The molecular formula is C15H22ClFN2. The van der Waals surface area contributed by atoms with Gasteiger partial charge in [0.05, 0.1) is 0 Å². The van der Waals surface area contributed by atoms with Gasteiger partial charge in [-0.15, -0.1) is 0 Å². The number of hydrogen-bond acceptors (Lipinski definition) is 2. The van der Waals surface area contributed by atoms with Crippen LogP contribution in [-0.2, 0) is 6.54 Å². The van der Waals surface area contributed by atoms with Crippen molar-refractivity contribution in [2.24, 2.45) is 0 Å². The molecular weight excluding hydrogens is 263 g/mol. The highest BCUT2D eigenvalue weighted by molar-refractivity contribution is 6.30. The Bertz CT molecular complexity index is 405. The quantitative estimate of drug-likeness (QED) is 0.891. The average Bonchev–Trinajstić information content (AvgIpc) is 2.42. The van der Waals surface area contributed by atoms with E-state index in [0.717, 1.165) is 31.6 Å². The zero-order valence-electron chi connectivity index (χ0n) is 11.5. The number of hydrogen-bond donors (Lipinski definition) is 1. The summed E-state index contributed by atoms with van der Waals surface area (Å²) in [5, 5.41) is 3.89. The molecule has 0 saturated carbocycles. The Morgan fingerprint density at radius 3 is 2.95 bits per heavy atom. The second kappa shape index (κ2) is 7.22. The van der Waals surface area contributed by atoms with Crippen molar-refractivity contribution in [1.29, 1.82) is 0 Å². The lowest BCUT2D eigenvalue weighted by atomic mass is 10.0. The van der Waals surface area contributed by atoms with Gasteiger partial charge in [0, 0.05) is 29.7 Å². The number of benzene rings is 1. The average molecular weight is 285 g/mol. The molecule has 1 heterocycles. The van der Waals surface area contributed by atoms with Gasteiger partial charge < -0.3 is 5.32 Å². The third-order valence-corrected chi connectivity index (χ3v) is 3.92. The van der Waals surface area contributed by atoms with E-state index >= 15 is 0 Å². The number of piperidine rings is 1. The number of rotatable bonds is 5. The molecule has 1 aromatic carbocycles. The molecule has 1 saturated heterocycles. The summed E-state index contributed by atoms with van der Waals surface area (Å²) in [6.07, 6.45) is 3.49. The number of halogens is 2. The molecule has 1 aliphatic heterocycles. The number of nitrogens with zero attached hydrogens (tertiary/aromatic N) is 1. The summed E-state index contributed by atoms with van der Waals surface area (Å²) in [4.78, 5) is 2.39. The van der Waals surface area contributed by atoms with Gasteiger partial charge in [0.25, 0.3) is 0 Å². The largest absolute Gasteiger partial charge is 0.315 e. The molecule has 1 N–H and O–H groups in total. The maximum atomic E-state index is 13.9. The Kier molecular flexibility index (Phi) is 5.61. The van der Waals surface area contributed by atoms with Gasteiger partial charge >= 0.3 is 0 Å². The fraction of sp³-hybridized carbons (Fsp3) is 0.600. The van der Waals surface area contributed by atoms with E-state index in [1.54, 1.807) is 12.1 Å². The zero-order valence-corrected chi connectivity index (χ0v) is 12.2. The van der Waals surface area contributed by atoms with Crippen LogP contribution in [0.3, 0.4) is 0 Å². The van der Waals surface area contributed by atoms with Crippen LogP contribution in [0.2, 0.25) is 5.02 Å². The molecule has 0 aliphatic carbocycles. The first kappa shape index (κ1) is 14.8. The van der Waals surface area contributed by atoms with E-state index in [2.05, 4.69) is 17.1 Å². The molecule has 1 unspecified atom stereocenters. The van der Waals surface area contributed by atoms with Gasteiger partial charge in [-0.1, -0.05) is 24.6 Å². The smallest absolute Gasteiger partial charge is 0.129 e. The van der Waals surface area contributed by atoms with E-state index in [0.29, 0.717) is 17.6 Å². The van der Waals surface area contributed by atoms with Crippen molar-refractivity contribution in [3.8, 4) is 0 Å². The van der Waals surface area contributed by atoms with Crippen molar-refractivity contribution in [3.63, 3.8) is 0 Å². The van der Waals surface area contributed by atoms with Gasteiger partial charge in [-0.3, -0.25) is 4.90 Å². The standard InChI is InChI=1S/C15H22ClFN2/c1-2-8-19(14-4-3-7-18-10-14)11-12-5-6-13(16)9-15(12)17/h5-6,9,14,18H,2-4,7-8,10-11H2,1H3. The van der Waals surface area contributed by atoms with Crippen molar-refractivity contribution in [1.82, 2.24) is 10.2 Å². The van der Waals surface area contributed by atoms with E-state index in [1.807, 2.05) is 0 Å². The normalized spacial score (nSPS) is 19.9. The van der Waals surface area contributed by atoms with Crippen LogP contribution in [0, 0.1) is 5.82 Å². The Morgan fingerprint density at radius 1 is 1.47 bits per heavy atom. The van der Waals surface area contributed by atoms with Crippen LogP contribution < -0.4 is 5.32 Å². The molecule has 1 fully saturated rings. The van der Waals surface area contributed by atoms with E-state index < -0.39 is 0 Å². The van der Waals surface area contributed by atoms with Gasteiger partial charge in [-0.2, -0.15) is 0 Å². The minimum Gasteiger partial charge on any atom is -0.315 e. The minimum absolute atomic E-state index is 0.197. The van der Waals surface area contributed by atoms with Crippen LogP contribution in [0.15, 0.2) is 18.2 Å². The van der Waals surface area contributed by atoms with Crippen molar-refractivity contribution in [2.45, 2.75) is 38.8 Å². The fourth-order valence-electron chi connectivity index (χ4n) is 2.69. The monoisotopic (exact) mass is 284 g/mol. The van der Waals surface area contributed by atoms with Gasteiger partial charge in [0.15, 0.2) is 0 Å². The van der Waals surface area contributed by atoms with E-state index in [4.69, 9.17) is 11.6 Å². The summed E-state index contributed by atoms with van der Waals surface area (Å²) in [7, 11) is 0. The molecule has 0 bridgehead atoms. The van der Waals surface area contributed by atoms with Crippen LogP contribution in [0.5, 0.6) is 0 Å². The summed E-state index contributed by atoms with van der Waals surface area (Å²) in [6, 6.07) is 5.49. The van der Waals surface area contributed by atoms with Gasteiger partial charge in [-0.25, -0.2) is 4.39 Å². The van der Waals surface area contributed by atoms with Crippen molar-refractivity contribution in [3.05, 3.63) is 34.6 Å². The zero-order chi connectivity index (χ0) is 13.7. The molecule has 1 aromatic rings. The highest BCUT2D eigenvalue weighted by Crippen LogP contribution is 2.19. The molecule has 2 rings (SSSR count). The highest BCUT2D eigenvalue weighted by Gasteiger charge is 2.21.